The standard InChI is InChI=1S/C16H9FN2O/c1-2-12-13-8-11(17)5-6-14(13)19-15(12)16(20)10-4-3-7-18-9-10/h1,3-9,19H. The van der Waals surface area contributed by atoms with Crippen LogP contribution in [0.3, 0.4) is 0 Å². The average molecular weight is 264 g/mol. The first-order valence-electron chi connectivity index (χ1n) is 5.93. The van der Waals surface area contributed by atoms with Crippen molar-refractivity contribution in [1.82, 2.24) is 9.97 Å². The van der Waals surface area contributed by atoms with Gasteiger partial charge in [-0.2, -0.15) is 0 Å². The Labute approximate surface area is 114 Å². The minimum absolute atomic E-state index is 0.261. The molecular weight excluding hydrogens is 255 g/mol. The highest BCUT2D eigenvalue weighted by Crippen LogP contribution is 2.24. The van der Waals surface area contributed by atoms with Gasteiger partial charge in [0.1, 0.15) is 11.5 Å². The van der Waals surface area contributed by atoms with Crippen molar-refractivity contribution in [2.45, 2.75) is 0 Å². The molecule has 0 aliphatic rings. The molecule has 96 valence electrons. The molecule has 0 saturated heterocycles. The van der Waals surface area contributed by atoms with Gasteiger partial charge in [0.25, 0.3) is 0 Å². The Morgan fingerprint density at radius 3 is 2.90 bits per heavy atom. The summed E-state index contributed by atoms with van der Waals surface area (Å²) in [5, 5.41) is 0.528. The van der Waals surface area contributed by atoms with E-state index in [2.05, 4.69) is 15.9 Å². The quantitative estimate of drug-likeness (QED) is 0.571. The molecule has 1 N–H and O–H groups in total. The normalized spacial score (nSPS) is 10.4. The summed E-state index contributed by atoms with van der Waals surface area (Å²) in [6.45, 7) is 0. The van der Waals surface area contributed by atoms with Crippen molar-refractivity contribution in [3.63, 3.8) is 0 Å². The zero-order valence-corrected chi connectivity index (χ0v) is 10.4. The van der Waals surface area contributed by atoms with Gasteiger partial charge in [-0.25, -0.2) is 4.39 Å². The van der Waals surface area contributed by atoms with E-state index in [1.165, 1.54) is 18.3 Å². The number of nitrogens with one attached hydrogen (secondary N) is 1. The maximum atomic E-state index is 13.3. The predicted molar refractivity (Wildman–Crippen MR) is 73.9 cm³/mol. The summed E-state index contributed by atoms with van der Waals surface area (Å²) in [5.41, 5.74) is 1.71. The second-order valence-corrected chi connectivity index (χ2v) is 4.28. The smallest absolute Gasteiger partial charge is 0.212 e. The molecule has 4 heteroatoms. The first kappa shape index (κ1) is 12.1. The summed E-state index contributed by atoms with van der Waals surface area (Å²) in [6.07, 6.45) is 8.52. The Morgan fingerprint density at radius 2 is 2.20 bits per heavy atom. The van der Waals surface area contributed by atoms with Crippen LogP contribution >= 0.6 is 0 Å². The number of carbonyl (C=O) groups excluding carboxylic acids is 1. The van der Waals surface area contributed by atoms with E-state index in [1.54, 1.807) is 24.4 Å². The number of terminal acetylenes is 1. The van der Waals surface area contributed by atoms with Crippen LogP contribution in [0.2, 0.25) is 0 Å². The number of H-pyrrole nitrogens is 1. The van der Waals surface area contributed by atoms with E-state index in [-0.39, 0.29) is 11.5 Å². The monoisotopic (exact) mass is 264 g/mol. The van der Waals surface area contributed by atoms with Crippen LogP contribution in [-0.2, 0) is 0 Å². The lowest BCUT2D eigenvalue weighted by Gasteiger charge is -1.98. The average Bonchev–Trinajstić information content (AvgIpc) is 2.85. The van der Waals surface area contributed by atoms with Gasteiger partial charge in [-0.05, 0) is 30.3 Å². The first-order valence-corrected chi connectivity index (χ1v) is 5.93. The highest BCUT2D eigenvalue weighted by atomic mass is 19.1. The lowest BCUT2D eigenvalue weighted by molar-refractivity contribution is 0.103. The Morgan fingerprint density at radius 1 is 1.35 bits per heavy atom. The van der Waals surface area contributed by atoms with E-state index in [9.17, 15) is 9.18 Å². The zero-order valence-electron chi connectivity index (χ0n) is 10.4. The van der Waals surface area contributed by atoms with E-state index in [1.807, 2.05) is 0 Å². The number of aromatic amines is 1. The predicted octanol–water partition coefficient (Wildman–Crippen LogP) is 2.91. The minimum Gasteiger partial charge on any atom is -0.351 e. The lowest BCUT2D eigenvalue weighted by Crippen LogP contribution is -2.04. The molecule has 0 bridgehead atoms. The molecule has 0 unspecified atom stereocenters. The molecule has 0 fully saturated rings. The van der Waals surface area contributed by atoms with Gasteiger partial charge >= 0.3 is 0 Å². The van der Waals surface area contributed by atoms with Crippen LogP contribution in [0, 0.1) is 18.2 Å². The van der Waals surface area contributed by atoms with E-state index >= 15 is 0 Å². The summed E-state index contributed by atoms with van der Waals surface area (Å²) in [7, 11) is 0. The fraction of sp³-hybridized carbons (Fsp3) is 0. The number of halogens is 1. The van der Waals surface area contributed by atoms with Crippen molar-refractivity contribution >= 4 is 16.7 Å². The van der Waals surface area contributed by atoms with E-state index in [0.29, 0.717) is 22.0 Å². The topological polar surface area (TPSA) is 45.8 Å². The molecule has 1 aromatic carbocycles. The fourth-order valence-electron chi connectivity index (χ4n) is 2.13. The summed E-state index contributed by atoms with van der Waals surface area (Å²) >= 11 is 0. The van der Waals surface area contributed by atoms with Gasteiger partial charge < -0.3 is 4.98 Å². The largest absolute Gasteiger partial charge is 0.351 e. The summed E-state index contributed by atoms with van der Waals surface area (Å²) < 4.78 is 13.3. The SMILES string of the molecule is C#Cc1c(C(=O)c2cccnc2)[nH]c2ccc(F)cc12. The number of nitrogens with zero attached hydrogens (tertiary/aromatic N) is 1. The molecule has 2 aromatic heterocycles. The van der Waals surface area contributed by atoms with Gasteiger partial charge in [0, 0.05) is 28.9 Å². The van der Waals surface area contributed by atoms with E-state index in [4.69, 9.17) is 6.42 Å². The van der Waals surface area contributed by atoms with Crippen molar-refractivity contribution in [2.75, 3.05) is 0 Å². The van der Waals surface area contributed by atoms with Crippen molar-refractivity contribution in [3.05, 3.63) is 65.4 Å². The molecule has 0 saturated carbocycles. The van der Waals surface area contributed by atoms with Gasteiger partial charge in [0.05, 0.1) is 5.56 Å². The molecule has 3 rings (SSSR count). The molecule has 3 aromatic rings. The highest BCUT2D eigenvalue weighted by Gasteiger charge is 2.18. The Hall–Kier alpha value is -2.93. The van der Waals surface area contributed by atoms with Crippen LogP contribution in [-0.4, -0.2) is 15.8 Å². The van der Waals surface area contributed by atoms with Crippen LogP contribution in [0.1, 0.15) is 21.6 Å². The molecule has 2 heterocycles. The van der Waals surface area contributed by atoms with Crippen LogP contribution in [0.25, 0.3) is 10.9 Å². The van der Waals surface area contributed by atoms with E-state index < -0.39 is 5.82 Å². The number of hydrogen-bond acceptors (Lipinski definition) is 2. The second kappa shape index (κ2) is 4.63. The summed E-state index contributed by atoms with van der Waals surface area (Å²) in [6, 6.07) is 7.52. The first-order chi connectivity index (χ1) is 9.70. The van der Waals surface area contributed by atoms with Crippen molar-refractivity contribution in [1.29, 1.82) is 0 Å². The molecule has 20 heavy (non-hydrogen) atoms. The van der Waals surface area contributed by atoms with Crippen molar-refractivity contribution in [3.8, 4) is 12.3 Å². The maximum absolute atomic E-state index is 13.3. The Bertz CT molecular complexity index is 844. The third-order valence-electron chi connectivity index (χ3n) is 3.06. The summed E-state index contributed by atoms with van der Waals surface area (Å²) in [4.78, 5) is 19.3. The van der Waals surface area contributed by atoms with Gasteiger partial charge in [0.15, 0.2) is 0 Å². The minimum atomic E-state index is -0.395. The van der Waals surface area contributed by atoms with Gasteiger partial charge in [-0.15, -0.1) is 6.42 Å². The third kappa shape index (κ3) is 1.86. The van der Waals surface area contributed by atoms with Crippen molar-refractivity contribution < 1.29 is 9.18 Å². The number of hydrogen-bond donors (Lipinski definition) is 1. The van der Waals surface area contributed by atoms with Crippen LogP contribution in [0.5, 0.6) is 0 Å². The molecule has 0 radical (unpaired) electrons. The molecule has 0 aliphatic heterocycles. The second-order valence-electron chi connectivity index (χ2n) is 4.28. The van der Waals surface area contributed by atoms with Crippen LogP contribution in [0.15, 0.2) is 42.7 Å². The number of pyridine rings is 1. The number of ketones is 1. The number of aromatic nitrogens is 2. The van der Waals surface area contributed by atoms with Gasteiger partial charge in [-0.3, -0.25) is 9.78 Å². The number of carbonyl (C=O) groups is 1. The fourth-order valence-corrected chi connectivity index (χ4v) is 2.13. The molecule has 0 atom stereocenters. The number of benzene rings is 1. The van der Waals surface area contributed by atoms with Gasteiger partial charge in [0.2, 0.25) is 5.78 Å². The highest BCUT2D eigenvalue weighted by molar-refractivity contribution is 6.12. The van der Waals surface area contributed by atoms with Crippen LogP contribution < -0.4 is 0 Å². The molecule has 0 aliphatic carbocycles. The molecule has 0 spiro atoms. The number of rotatable bonds is 2. The third-order valence-corrected chi connectivity index (χ3v) is 3.06. The van der Waals surface area contributed by atoms with Crippen LogP contribution in [0.4, 0.5) is 4.39 Å². The zero-order chi connectivity index (χ0) is 14.1. The van der Waals surface area contributed by atoms with E-state index in [0.717, 1.165) is 0 Å². The maximum Gasteiger partial charge on any atom is 0.212 e. The number of fused-ring (bicyclic) bond motifs is 1. The molecule has 0 amide bonds. The lowest BCUT2D eigenvalue weighted by atomic mass is 10.1. The van der Waals surface area contributed by atoms with Crippen molar-refractivity contribution in [2.24, 2.45) is 0 Å². The Balaban J connectivity index is 2.22. The Kier molecular flexibility index (Phi) is 2.81. The molecule has 3 nitrogen and oxygen atoms in total. The molecular formula is C16H9FN2O. The van der Waals surface area contributed by atoms with Gasteiger partial charge in [-0.1, -0.05) is 5.92 Å². The summed E-state index contributed by atoms with van der Waals surface area (Å²) in [5.74, 6) is 1.80.